The largest absolute Gasteiger partial charge is 0.0616 e. The van der Waals surface area contributed by atoms with Crippen molar-refractivity contribution in [1.82, 2.24) is 0 Å². The first-order chi connectivity index (χ1) is 25.8. The average molecular weight is 657 g/mol. The van der Waals surface area contributed by atoms with Crippen LogP contribution in [0.15, 0.2) is 194 Å². The Hall–Kier alpha value is -6.76. The Kier molecular flexibility index (Phi) is 6.35. The van der Waals surface area contributed by atoms with E-state index in [4.69, 9.17) is 0 Å². The third-order valence-electron chi connectivity index (χ3n) is 11.2. The smallest absolute Gasteiger partial charge is 0.00201 e. The molecule has 0 amide bonds. The standard InChI is InChI=1S/C52H32/c1-2-18-39-33(12-1)13-11-25-41(39)42-19-3-4-20-43(42)52-46-23-7-5-21-44(46)50(45-22-6-8-24-47(45)52)38-17-10-16-37(32-38)40-30-28-36-27-26-34-14-9-15-35-29-31-48(40)51(36)49(34)35/h1-32H. The molecule has 0 N–H and O–H groups in total. The zero-order valence-corrected chi connectivity index (χ0v) is 28.5. The van der Waals surface area contributed by atoms with Gasteiger partial charge in [-0.25, -0.2) is 0 Å². The molecule has 0 fully saturated rings. The summed E-state index contributed by atoms with van der Waals surface area (Å²) in [7, 11) is 0. The second kappa shape index (κ2) is 11.4. The summed E-state index contributed by atoms with van der Waals surface area (Å²) in [5.41, 5.74) is 10.0. The van der Waals surface area contributed by atoms with Gasteiger partial charge < -0.3 is 0 Å². The van der Waals surface area contributed by atoms with Crippen LogP contribution in [-0.4, -0.2) is 0 Å². The van der Waals surface area contributed by atoms with E-state index in [0.717, 1.165) is 0 Å². The lowest BCUT2D eigenvalue weighted by Gasteiger charge is -2.20. The van der Waals surface area contributed by atoms with Gasteiger partial charge in [-0.2, -0.15) is 0 Å². The van der Waals surface area contributed by atoms with Crippen LogP contribution in [-0.2, 0) is 0 Å². The number of rotatable bonds is 4. The van der Waals surface area contributed by atoms with Crippen LogP contribution in [0.4, 0.5) is 0 Å². The first kappa shape index (κ1) is 29.0. The fourth-order valence-corrected chi connectivity index (χ4v) is 8.96. The summed E-state index contributed by atoms with van der Waals surface area (Å²) >= 11 is 0. The van der Waals surface area contributed by atoms with E-state index in [2.05, 4.69) is 194 Å². The molecule has 0 saturated carbocycles. The molecule has 11 rings (SSSR count). The molecule has 0 aromatic heterocycles. The van der Waals surface area contributed by atoms with Crippen molar-refractivity contribution in [3.05, 3.63) is 194 Å². The fraction of sp³-hybridized carbons (Fsp3) is 0. The van der Waals surface area contributed by atoms with E-state index in [1.807, 2.05) is 0 Å². The Morgan fingerprint density at radius 3 is 1.44 bits per heavy atom. The molecule has 11 aromatic carbocycles. The zero-order chi connectivity index (χ0) is 34.2. The zero-order valence-electron chi connectivity index (χ0n) is 28.5. The van der Waals surface area contributed by atoms with Crippen LogP contribution in [0.1, 0.15) is 0 Å². The third kappa shape index (κ3) is 4.28. The molecule has 0 saturated heterocycles. The molecule has 11 aromatic rings. The van der Waals surface area contributed by atoms with Crippen LogP contribution in [0.5, 0.6) is 0 Å². The van der Waals surface area contributed by atoms with Crippen molar-refractivity contribution >= 4 is 64.6 Å². The molecule has 0 heteroatoms. The highest BCUT2D eigenvalue weighted by molar-refractivity contribution is 6.26. The van der Waals surface area contributed by atoms with E-state index in [9.17, 15) is 0 Å². The second-order valence-corrected chi connectivity index (χ2v) is 14.0. The van der Waals surface area contributed by atoms with Crippen molar-refractivity contribution in [3.63, 3.8) is 0 Å². The Labute approximate surface area is 302 Å². The normalized spacial score (nSPS) is 11.8. The van der Waals surface area contributed by atoms with Crippen LogP contribution >= 0.6 is 0 Å². The van der Waals surface area contributed by atoms with E-state index in [-0.39, 0.29) is 0 Å². The first-order valence-corrected chi connectivity index (χ1v) is 18.1. The fourth-order valence-electron chi connectivity index (χ4n) is 8.96. The molecule has 0 spiro atoms. The topological polar surface area (TPSA) is 0 Å². The number of hydrogen-bond acceptors (Lipinski definition) is 0. The van der Waals surface area contributed by atoms with Gasteiger partial charge in [0.25, 0.3) is 0 Å². The summed E-state index contributed by atoms with van der Waals surface area (Å²) in [6, 6.07) is 71.9. The van der Waals surface area contributed by atoms with Gasteiger partial charge in [-0.3, -0.25) is 0 Å². The monoisotopic (exact) mass is 656 g/mol. The van der Waals surface area contributed by atoms with E-state index < -0.39 is 0 Å². The van der Waals surface area contributed by atoms with Gasteiger partial charge in [0, 0.05) is 0 Å². The highest BCUT2D eigenvalue weighted by Crippen LogP contribution is 2.47. The van der Waals surface area contributed by atoms with Crippen LogP contribution in [0, 0.1) is 0 Å². The van der Waals surface area contributed by atoms with Crippen molar-refractivity contribution in [2.45, 2.75) is 0 Å². The highest BCUT2D eigenvalue weighted by atomic mass is 14.2. The summed E-state index contributed by atoms with van der Waals surface area (Å²) in [5, 5.41) is 15.4. The van der Waals surface area contributed by atoms with Gasteiger partial charge in [-0.05, 0) is 115 Å². The predicted molar refractivity (Wildman–Crippen MR) is 224 cm³/mol. The van der Waals surface area contributed by atoms with Crippen molar-refractivity contribution in [2.75, 3.05) is 0 Å². The molecule has 0 atom stereocenters. The Bertz CT molecular complexity index is 3100. The van der Waals surface area contributed by atoms with Gasteiger partial charge in [0.2, 0.25) is 0 Å². The molecule has 0 nitrogen and oxygen atoms in total. The lowest BCUT2D eigenvalue weighted by molar-refractivity contribution is 1.62. The second-order valence-electron chi connectivity index (χ2n) is 14.0. The Morgan fingerprint density at radius 2 is 0.692 bits per heavy atom. The number of fused-ring (bicyclic) bond motifs is 3. The minimum absolute atomic E-state index is 1.23. The lowest BCUT2D eigenvalue weighted by Crippen LogP contribution is -1.93. The molecule has 0 aliphatic rings. The van der Waals surface area contributed by atoms with Crippen molar-refractivity contribution < 1.29 is 0 Å². The molecule has 240 valence electrons. The molecule has 0 heterocycles. The predicted octanol–water partition coefficient (Wildman–Crippen LogP) is 14.7. The Balaban J connectivity index is 1.16. The first-order valence-electron chi connectivity index (χ1n) is 18.1. The van der Waals surface area contributed by atoms with Gasteiger partial charge in [0.1, 0.15) is 0 Å². The summed E-state index contributed by atoms with van der Waals surface area (Å²) in [4.78, 5) is 0. The molecule has 0 aliphatic carbocycles. The lowest BCUT2D eigenvalue weighted by atomic mass is 9.83. The van der Waals surface area contributed by atoms with Crippen LogP contribution in [0.25, 0.3) is 109 Å². The minimum Gasteiger partial charge on any atom is -0.0616 e. The molecule has 0 bridgehead atoms. The number of benzene rings is 11. The van der Waals surface area contributed by atoms with E-state index >= 15 is 0 Å². The van der Waals surface area contributed by atoms with Crippen LogP contribution in [0.2, 0.25) is 0 Å². The summed E-state index contributed by atoms with van der Waals surface area (Å²) in [6.07, 6.45) is 0. The van der Waals surface area contributed by atoms with E-state index in [1.165, 1.54) is 109 Å². The van der Waals surface area contributed by atoms with Crippen molar-refractivity contribution in [3.8, 4) is 44.5 Å². The summed E-state index contributed by atoms with van der Waals surface area (Å²) in [5.74, 6) is 0. The SMILES string of the molecule is c1cc(-c2c3ccccc3c(-c3ccccc3-c3cccc4ccccc34)c3ccccc23)cc(-c2ccc3ccc4cccc5ccc2c3c45)c1. The molecular formula is C52H32. The van der Waals surface area contributed by atoms with E-state index in [1.54, 1.807) is 0 Å². The molecular weight excluding hydrogens is 625 g/mol. The van der Waals surface area contributed by atoms with Crippen molar-refractivity contribution in [1.29, 1.82) is 0 Å². The van der Waals surface area contributed by atoms with Gasteiger partial charge >= 0.3 is 0 Å². The maximum atomic E-state index is 2.41. The van der Waals surface area contributed by atoms with Gasteiger partial charge in [-0.15, -0.1) is 0 Å². The third-order valence-corrected chi connectivity index (χ3v) is 11.2. The molecule has 0 aliphatic heterocycles. The van der Waals surface area contributed by atoms with Crippen LogP contribution < -0.4 is 0 Å². The maximum Gasteiger partial charge on any atom is -0.00201 e. The summed E-state index contributed by atoms with van der Waals surface area (Å²) in [6.45, 7) is 0. The highest BCUT2D eigenvalue weighted by Gasteiger charge is 2.20. The molecule has 0 radical (unpaired) electrons. The summed E-state index contributed by atoms with van der Waals surface area (Å²) < 4.78 is 0. The van der Waals surface area contributed by atoms with Crippen molar-refractivity contribution in [2.24, 2.45) is 0 Å². The minimum atomic E-state index is 1.23. The molecule has 52 heavy (non-hydrogen) atoms. The average Bonchev–Trinajstić information content (AvgIpc) is 3.21. The quantitative estimate of drug-likeness (QED) is 0.131. The van der Waals surface area contributed by atoms with Gasteiger partial charge in [0.05, 0.1) is 0 Å². The molecule has 0 unspecified atom stereocenters. The van der Waals surface area contributed by atoms with Gasteiger partial charge in [-0.1, -0.05) is 188 Å². The maximum absolute atomic E-state index is 2.41. The number of hydrogen-bond donors (Lipinski definition) is 0. The van der Waals surface area contributed by atoms with Crippen LogP contribution in [0.3, 0.4) is 0 Å². The van der Waals surface area contributed by atoms with Gasteiger partial charge in [0.15, 0.2) is 0 Å². The Morgan fingerprint density at radius 1 is 0.212 bits per heavy atom. The van der Waals surface area contributed by atoms with E-state index in [0.29, 0.717) is 0 Å².